The van der Waals surface area contributed by atoms with Gasteiger partial charge in [0.1, 0.15) is 18.1 Å². The van der Waals surface area contributed by atoms with E-state index in [9.17, 15) is 4.79 Å². The molecule has 2 aromatic rings. The maximum Gasteiger partial charge on any atom is 0.373 e. The number of furan rings is 1. The second-order valence-corrected chi connectivity index (χ2v) is 4.60. The summed E-state index contributed by atoms with van der Waals surface area (Å²) in [6.07, 6.45) is 2.02. The highest BCUT2D eigenvalue weighted by atomic mass is 32.2. The van der Waals surface area contributed by atoms with E-state index < -0.39 is 5.97 Å². The molecule has 100 valence electrons. The highest BCUT2D eigenvalue weighted by Gasteiger charge is 2.11. The highest BCUT2D eigenvalue weighted by Crippen LogP contribution is 2.20. The Morgan fingerprint density at radius 3 is 2.58 bits per heavy atom. The van der Waals surface area contributed by atoms with E-state index in [2.05, 4.69) is 4.74 Å². The Morgan fingerprint density at radius 2 is 1.95 bits per heavy atom. The normalized spacial score (nSPS) is 10.2. The zero-order valence-corrected chi connectivity index (χ0v) is 11.5. The SMILES string of the molecule is COC(=O)c1ccc(COc2ccc(SC)cc2)o1. The molecule has 1 aromatic carbocycles. The molecular formula is C14H14O4S. The van der Waals surface area contributed by atoms with Gasteiger partial charge in [0.25, 0.3) is 0 Å². The fourth-order valence-electron chi connectivity index (χ4n) is 1.49. The van der Waals surface area contributed by atoms with E-state index in [0.29, 0.717) is 5.76 Å². The van der Waals surface area contributed by atoms with Crippen LogP contribution < -0.4 is 4.74 Å². The van der Waals surface area contributed by atoms with Crippen LogP contribution in [0, 0.1) is 0 Å². The van der Waals surface area contributed by atoms with Crippen LogP contribution >= 0.6 is 11.8 Å². The summed E-state index contributed by atoms with van der Waals surface area (Å²) < 4.78 is 15.4. The minimum Gasteiger partial charge on any atom is -0.486 e. The maximum absolute atomic E-state index is 11.2. The van der Waals surface area contributed by atoms with Gasteiger partial charge in [0.2, 0.25) is 5.76 Å². The van der Waals surface area contributed by atoms with Crippen molar-refractivity contribution >= 4 is 17.7 Å². The standard InChI is InChI=1S/C14H14O4S/c1-16-14(15)13-8-5-11(18-13)9-17-10-3-6-12(19-2)7-4-10/h3-8H,9H2,1-2H3. The van der Waals surface area contributed by atoms with Gasteiger partial charge in [-0.1, -0.05) is 0 Å². The van der Waals surface area contributed by atoms with Crippen molar-refractivity contribution in [3.05, 3.63) is 47.9 Å². The molecule has 0 aliphatic heterocycles. The predicted octanol–water partition coefficient (Wildman–Crippen LogP) is 3.37. The molecule has 1 heterocycles. The summed E-state index contributed by atoms with van der Waals surface area (Å²) >= 11 is 1.68. The Morgan fingerprint density at radius 1 is 1.21 bits per heavy atom. The Labute approximate surface area is 115 Å². The number of thioether (sulfide) groups is 1. The predicted molar refractivity (Wildman–Crippen MR) is 72.6 cm³/mol. The van der Waals surface area contributed by atoms with Gasteiger partial charge in [-0.05, 0) is 42.7 Å². The van der Waals surface area contributed by atoms with Crippen molar-refractivity contribution in [3.8, 4) is 5.75 Å². The molecule has 0 amide bonds. The van der Waals surface area contributed by atoms with Crippen LogP contribution in [0.5, 0.6) is 5.75 Å². The smallest absolute Gasteiger partial charge is 0.373 e. The first kappa shape index (κ1) is 13.5. The molecule has 5 heteroatoms. The summed E-state index contributed by atoms with van der Waals surface area (Å²) in [5.41, 5.74) is 0. The van der Waals surface area contributed by atoms with E-state index in [0.717, 1.165) is 5.75 Å². The average Bonchev–Trinajstić information content (AvgIpc) is 2.93. The van der Waals surface area contributed by atoms with E-state index in [-0.39, 0.29) is 12.4 Å². The molecule has 0 spiro atoms. The van der Waals surface area contributed by atoms with E-state index in [1.54, 1.807) is 23.9 Å². The zero-order valence-electron chi connectivity index (χ0n) is 10.7. The number of hydrogen-bond acceptors (Lipinski definition) is 5. The lowest BCUT2D eigenvalue weighted by molar-refractivity contribution is 0.0561. The second kappa shape index (κ2) is 6.33. The van der Waals surface area contributed by atoms with Crippen molar-refractivity contribution < 1.29 is 18.7 Å². The van der Waals surface area contributed by atoms with Crippen molar-refractivity contribution in [2.45, 2.75) is 11.5 Å². The zero-order chi connectivity index (χ0) is 13.7. The summed E-state index contributed by atoms with van der Waals surface area (Å²) in [6, 6.07) is 11.0. The first-order valence-electron chi connectivity index (χ1n) is 5.67. The Bertz CT molecular complexity index is 545. The van der Waals surface area contributed by atoms with Gasteiger partial charge < -0.3 is 13.9 Å². The molecule has 1 aromatic heterocycles. The molecule has 2 rings (SSSR count). The van der Waals surface area contributed by atoms with Crippen molar-refractivity contribution in [1.82, 2.24) is 0 Å². The third-order valence-corrected chi connectivity index (χ3v) is 3.23. The second-order valence-electron chi connectivity index (χ2n) is 3.72. The Balaban J connectivity index is 1.94. The first-order chi connectivity index (χ1) is 9.22. The number of benzene rings is 1. The molecule has 0 fully saturated rings. The number of hydrogen-bond donors (Lipinski definition) is 0. The van der Waals surface area contributed by atoms with Crippen LogP contribution in [0.15, 0.2) is 45.7 Å². The van der Waals surface area contributed by atoms with Gasteiger partial charge in [-0.15, -0.1) is 11.8 Å². The fraction of sp³-hybridized carbons (Fsp3) is 0.214. The third kappa shape index (κ3) is 3.54. The van der Waals surface area contributed by atoms with Crippen LogP contribution in [0.2, 0.25) is 0 Å². The molecule has 0 atom stereocenters. The monoisotopic (exact) mass is 278 g/mol. The van der Waals surface area contributed by atoms with E-state index in [4.69, 9.17) is 9.15 Å². The van der Waals surface area contributed by atoms with Gasteiger partial charge in [0.15, 0.2) is 0 Å². The summed E-state index contributed by atoms with van der Waals surface area (Å²) in [5, 5.41) is 0. The van der Waals surface area contributed by atoms with Gasteiger partial charge in [0, 0.05) is 4.90 Å². The molecule has 0 saturated carbocycles. The minimum atomic E-state index is -0.490. The van der Waals surface area contributed by atoms with Crippen LogP contribution in [0.1, 0.15) is 16.3 Å². The Hall–Kier alpha value is -1.88. The molecule has 0 aliphatic rings. The maximum atomic E-state index is 11.2. The molecule has 0 saturated heterocycles. The van der Waals surface area contributed by atoms with Crippen molar-refractivity contribution in [1.29, 1.82) is 0 Å². The minimum absolute atomic E-state index is 0.179. The van der Waals surface area contributed by atoms with Crippen molar-refractivity contribution in [2.24, 2.45) is 0 Å². The van der Waals surface area contributed by atoms with Crippen LogP contribution in [0.25, 0.3) is 0 Å². The van der Waals surface area contributed by atoms with Crippen molar-refractivity contribution in [3.63, 3.8) is 0 Å². The van der Waals surface area contributed by atoms with E-state index in [1.165, 1.54) is 12.0 Å². The molecule has 4 nitrogen and oxygen atoms in total. The van der Waals surface area contributed by atoms with Crippen LogP contribution in [-0.4, -0.2) is 19.3 Å². The lowest BCUT2D eigenvalue weighted by Gasteiger charge is -2.04. The number of methoxy groups -OCH3 is 1. The number of carbonyl (C=O) groups excluding carboxylic acids is 1. The molecule has 19 heavy (non-hydrogen) atoms. The highest BCUT2D eigenvalue weighted by molar-refractivity contribution is 7.98. The van der Waals surface area contributed by atoms with Gasteiger partial charge in [0.05, 0.1) is 7.11 Å². The fourth-order valence-corrected chi connectivity index (χ4v) is 1.90. The quantitative estimate of drug-likeness (QED) is 0.620. The van der Waals surface area contributed by atoms with E-state index >= 15 is 0 Å². The van der Waals surface area contributed by atoms with Crippen LogP contribution in [-0.2, 0) is 11.3 Å². The Kier molecular flexibility index (Phi) is 4.52. The lowest BCUT2D eigenvalue weighted by Crippen LogP contribution is -1.99. The number of ether oxygens (including phenoxy) is 2. The lowest BCUT2D eigenvalue weighted by atomic mass is 10.3. The largest absolute Gasteiger partial charge is 0.486 e. The number of carbonyl (C=O) groups is 1. The molecule has 0 N–H and O–H groups in total. The average molecular weight is 278 g/mol. The topological polar surface area (TPSA) is 48.7 Å². The number of rotatable bonds is 5. The molecule has 0 bridgehead atoms. The van der Waals surface area contributed by atoms with Gasteiger partial charge in [-0.25, -0.2) is 4.79 Å². The van der Waals surface area contributed by atoms with Gasteiger partial charge in [-0.3, -0.25) is 0 Å². The first-order valence-corrected chi connectivity index (χ1v) is 6.89. The molecule has 0 unspecified atom stereocenters. The molecular weight excluding hydrogens is 264 g/mol. The van der Waals surface area contributed by atoms with Gasteiger partial charge >= 0.3 is 5.97 Å². The molecule has 0 radical (unpaired) electrons. The number of esters is 1. The van der Waals surface area contributed by atoms with E-state index in [1.807, 2.05) is 30.5 Å². The summed E-state index contributed by atoms with van der Waals surface area (Å²) in [5.74, 6) is 1.03. The summed E-state index contributed by atoms with van der Waals surface area (Å²) in [6.45, 7) is 0.273. The summed E-state index contributed by atoms with van der Waals surface area (Å²) in [4.78, 5) is 12.4. The molecule has 0 aliphatic carbocycles. The van der Waals surface area contributed by atoms with Crippen molar-refractivity contribution in [2.75, 3.05) is 13.4 Å². The van der Waals surface area contributed by atoms with Crippen LogP contribution in [0.4, 0.5) is 0 Å². The van der Waals surface area contributed by atoms with Gasteiger partial charge in [-0.2, -0.15) is 0 Å². The van der Waals surface area contributed by atoms with Crippen LogP contribution in [0.3, 0.4) is 0 Å². The third-order valence-electron chi connectivity index (χ3n) is 2.49. The summed E-state index contributed by atoms with van der Waals surface area (Å²) in [7, 11) is 1.31.